The molecule has 0 bridgehead atoms. The first-order valence-corrected chi connectivity index (χ1v) is 10.6. The van der Waals surface area contributed by atoms with Crippen LogP contribution in [-0.2, 0) is 0 Å². The van der Waals surface area contributed by atoms with Crippen molar-refractivity contribution >= 4 is 17.1 Å². The second kappa shape index (κ2) is 7.97. The van der Waals surface area contributed by atoms with Crippen molar-refractivity contribution in [3.05, 3.63) is 58.3 Å². The maximum atomic E-state index is 13.0. The Hall–Kier alpha value is -2.31. The topological polar surface area (TPSA) is 59.2 Å². The number of hydrogen-bond donors (Lipinski definition) is 0. The Bertz CT molecular complexity index is 956. The molecule has 0 unspecified atom stereocenters. The van der Waals surface area contributed by atoms with Crippen LogP contribution in [0, 0.1) is 19.8 Å². The van der Waals surface area contributed by atoms with Crippen LogP contribution in [0.25, 0.3) is 10.7 Å². The molecule has 0 N–H and O–H groups in total. The van der Waals surface area contributed by atoms with Gasteiger partial charge in [0, 0.05) is 11.5 Å². The van der Waals surface area contributed by atoms with E-state index in [4.69, 9.17) is 4.52 Å². The fourth-order valence-corrected chi connectivity index (χ4v) is 4.58. The first-order chi connectivity index (χ1) is 13.5. The number of aryl methyl sites for hydroxylation is 2. The maximum absolute atomic E-state index is 13.0. The molecular weight excluding hydrogens is 370 g/mol. The normalized spacial score (nSPS) is 17.0. The third kappa shape index (κ3) is 3.80. The summed E-state index contributed by atoms with van der Waals surface area (Å²) in [5.41, 5.74) is 3.14. The molecule has 1 aliphatic heterocycles. The minimum absolute atomic E-state index is 0.0541. The zero-order chi connectivity index (χ0) is 19.7. The number of carbonyl (C=O) groups excluding carboxylic acids is 1. The van der Waals surface area contributed by atoms with Gasteiger partial charge in [-0.05, 0) is 63.7 Å². The van der Waals surface area contributed by atoms with Crippen molar-refractivity contribution in [3.8, 4) is 10.7 Å². The molecule has 28 heavy (non-hydrogen) atoms. The quantitative estimate of drug-likeness (QED) is 0.565. The van der Waals surface area contributed by atoms with E-state index < -0.39 is 0 Å². The molecule has 0 radical (unpaired) electrons. The predicted molar refractivity (Wildman–Crippen MR) is 111 cm³/mol. The molecule has 146 valence electrons. The van der Waals surface area contributed by atoms with Gasteiger partial charge in [-0.2, -0.15) is 4.98 Å². The molecule has 6 heteroatoms. The van der Waals surface area contributed by atoms with Crippen LogP contribution in [0.15, 0.2) is 40.2 Å². The van der Waals surface area contributed by atoms with Crippen LogP contribution < -0.4 is 0 Å². The van der Waals surface area contributed by atoms with Gasteiger partial charge in [-0.25, -0.2) is 0 Å². The van der Waals surface area contributed by atoms with Crippen LogP contribution in [0.1, 0.15) is 53.2 Å². The zero-order valence-electron chi connectivity index (χ0n) is 16.5. The van der Waals surface area contributed by atoms with Gasteiger partial charge < -0.3 is 4.52 Å². The number of carbonyl (C=O) groups is 1. The van der Waals surface area contributed by atoms with Gasteiger partial charge in [0.2, 0.25) is 11.7 Å². The smallest absolute Gasteiger partial charge is 0.244 e. The van der Waals surface area contributed by atoms with Gasteiger partial charge in [0.15, 0.2) is 5.78 Å². The summed E-state index contributed by atoms with van der Waals surface area (Å²) in [6, 6.07) is 10.1. The Morgan fingerprint density at radius 3 is 2.71 bits per heavy atom. The molecule has 1 fully saturated rings. The number of benzene rings is 1. The molecule has 0 aliphatic carbocycles. The van der Waals surface area contributed by atoms with Crippen LogP contribution in [0.3, 0.4) is 0 Å². The number of hydrogen-bond acceptors (Lipinski definition) is 6. The third-order valence-corrected chi connectivity index (χ3v) is 6.50. The predicted octanol–water partition coefficient (Wildman–Crippen LogP) is 5.07. The van der Waals surface area contributed by atoms with E-state index in [2.05, 4.69) is 35.0 Å². The van der Waals surface area contributed by atoms with Crippen LogP contribution >= 0.6 is 11.3 Å². The summed E-state index contributed by atoms with van der Waals surface area (Å²) in [7, 11) is 0. The third-order valence-electron chi connectivity index (χ3n) is 5.64. The number of aromatic nitrogens is 2. The van der Waals surface area contributed by atoms with Crippen molar-refractivity contribution in [2.45, 2.75) is 39.7 Å². The van der Waals surface area contributed by atoms with E-state index in [9.17, 15) is 4.79 Å². The van der Waals surface area contributed by atoms with Crippen molar-refractivity contribution in [2.24, 2.45) is 5.92 Å². The second-order valence-corrected chi connectivity index (χ2v) is 8.55. The minimum Gasteiger partial charge on any atom is -0.337 e. The molecule has 1 aromatic carbocycles. The SMILES string of the molecule is Cc1ccc(C(=O)C2CCN([C@@H](C)c3nc(-c4cccs4)no3)CC2)c(C)c1. The monoisotopic (exact) mass is 395 g/mol. The summed E-state index contributed by atoms with van der Waals surface area (Å²) in [5, 5.41) is 6.12. The Labute approximate surface area is 169 Å². The summed E-state index contributed by atoms with van der Waals surface area (Å²) in [4.78, 5) is 20.9. The second-order valence-electron chi connectivity index (χ2n) is 7.60. The summed E-state index contributed by atoms with van der Waals surface area (Å²) in [6.07, 6.45) is 1.73. The van der Waals surface area contributed by atoms with E-state index in [0.29, 0.717) is 11.7 Å². The highest BCUT2D eigenvalue weighted by molar-refractivity contribution is 7.13. The molecular formula is C22H25N3O2S. The number of thiophene rings is 1. The Kier molecular flexibility index (Phi) is 5.42. The molecule has 0 spiro atoms. The lowest BCUT2D eigenvalue weighted by Crippen LogP contribution is -2.38. The Balaban J connectivity index is 1.39. The van der Waals surface area contributed by atoms with Gasteiger partial charge in [-0.1, -0.05) is 35.0 Å². The minimum atomic E-state index is 0.0541. The number of Topliss-reactive ketones (excluding diaryl/α,β-unsaturated/α-hetero) is 1. The molecule has 4 rings (SSSR count). The first-order valence-electron chi connectivity index (χ1n) is 9.76. The van der Waals surface area contributed by atoms with Crippen molar-refractivity contribution in [2.75, 3.05) is 13.1 Å². The molecule has 0 amide bonds. The highest BCUT2D eigenvalue weighted by Gasteiger charge is 2.30. The average Bonchev–Trinajstić information content (AvgIpc) is 3.39. The molecule has 3 heterocycles. The summed E-state index contributed by atoms with van der Waals surface area (Å²) in [5.74, 6) is 1.66. The van der Waals surface area contributed by atoms with Crippen LogP contribution in [0.4, 0.5) is 0 Å². The highest BCUT2D eigenvalue weighted by atomic mass is 32.1. The van der Waals surface area contributed by atoms with Crippen LogP contribution in [0.2, 0.25) is 0 Å². The van der Waals surface area contributed by atoms with Crippen LogP contribution in [-0.4, -0.2) is 33.9 Å². The molecule has 1 saturated heterocycles. The van der Waals surface area contributed by atoms with Crippen molar-refractivity contribution in [3.63, 3.8) is 0 Å². The van der Waals surface area contributed by atoms with Crippen molar-refractivity contribution < 1.29 is 9.32 Å². The lowest BCUT2D eigenvalue weighted by Gasteiger charge is -2.34. The summed E-state index contributed by atoms with van der Waals surface area (Å²) >= 11 is 1.60. The van der Waals surface area contributed by atoms with Gasteiger partial charge in [0.05, 0.1) is 10.9 Å². The highest BCUT2D eigenvalue weighted by Crippen LogP contribution is 2.30. The van der Waals surface area contributed by atoms with E-state index in [1.807, 2.05) is 36.6 Å². The standard InChI is InChI=1S/C22H25N3O2S/c1-14-6-7-18(15(2)13-14)20(26)17-8-10-25(11-9-17)16(3)22-23-21(24-27-22)19-5-4-12-28-19/h4-7,12-13,16-17H,8-11H2,1-3H3/t16-/m0/s1. The summed E-state index contributed by atoms with van der Waals surface area (Å²) in [6.45, 7) is 7.90. The van der Waals surface area contributed by atoms with E-state index in [0.717, 1.165) is 41.9 Å². The molecule has 0 saturated carbocycles. The Morgan fingerprint density at radius 2 is 2.04 bits per heavy atom. The van der Waals surface area contributed by atoms with Gasteiger partial charge in [-0.15, -0.1) is 11.3 Å². The van der Waals surface area contributed by atoms with E-state index in [-0.39, 0.29) is 17.7 Å². The summed E-state index contributed by atoms with van der Waals surface area (Å²) < 4.78 is 5.51. The maximum Gasteiger partial charge on any atom is 0.244 e. The van der Waals surface area contributed by atoms with Gasteiger partial charge in [-0.3, -0.25) is 9.69 Å². The fraction of sp³-hybridized carbons (Fsp3) is 0.409. The number of likely N-dealkylation sites (tertiary alicyclic amines) is 1. The van der Waals surface area contributed by atoms with Crippen molar-refractivity contribution in [1.29, 1.82) is 0 Å². The number of piperidine rings is 1. The average molecular weight is 396 g/mol. The van der Waals surface area contributed by atoms with Crippen molar-refractivity contribution in [1.82, 2.24) is 15.0 Å². The lowest BCUT2D eigenvalue weighted by atomic mass is 9.86. The van der Waals surface area contributed by atoms with E-state index in [1.54, 1.807) is 11.3 Å². The number of ketones is 1. The van der Waals surface area contributed by atoms with E-state index >= 15 is 0 Å². The number of nitrogens with zero attached hydrogens (tertiary/aromatic N) is 3. The molecule has 3 aromatic rings. The Morgan fingerprint density at radius 1 is 1.25 bits per heavy atom. The van der Waals surface area contributed by atoms with Gasteiger partial charge in [0.1, 0.15) is 0 Å². The molecule has 1 aliphatic rings. The van der Waals surface area contributed by atoms with Gasteiger partial charge >= 0.3 is 0 Å². The van der Waals surface area contributed by atoms with E-state index in [1.165, 1.54) is 5.56 Å². The fourth-order valence-electron chi connectivity index (χ4n) is 3.93. The van der Waals surface area contributed by atoms with Gasteiger partial charge in [0.25, 0.3) is 0 Å². The largest absolute Gasteiger partial charge is 0.337 e. The molecule has 1 atom stereocenters. The van der Waals surface area contributed by atoms with Crippen LogP contribution in [0.5, 0.6) is 0 Å². The lowest BCUT2D eigenvalue weighted by molar-refractivity contribution is 0.0774. The first kappa shape index (κ1) is 19.0. The zero-order valence-corrected chi connectivity index (χ0v) is 17.3. The number of rotatable bonds is 5. The molecule has 5 nitrogen and oxygen atoms in total. The molecule has 2 aromatic heterocycles.